The van der Waals surface area contributed by atoms with E-state index >= 15 is 0 Å². The number of carboxylic acid groups (broad SMARTS) is 1. The molecule has 8 heteroatoms. The van der Waals surface area contributed by atoms with E-state index in [1.165, 1.54) is 0 Å². The number of carbonyl (C=O) groups excluding carboxylic acids is 1. The topological polar surface area (TPSA) is 102 Å². The molecule has 2 heterocycles. The first kappa shape index (κ1) is 15.0. The van der Waals surface area contributed by atoms with Crippen molar-refractivity contribution in [2.24, 2.45) is 0 Å². The number of ether oxygens (including phenoxy) is 1. The van der Waals surface area contributed by atoms with Crippen LogP contribution in [0.1, 0.15) is 6.42 Å². The highest BCUT2D eigenvalue weighted by Gasteiger charge is 2.32. The second-order valence-corrected chi connectivity index (χ2v) is 5.06. The molecule has 2 saturated heterocycles. The number of likely N-dealkylation sites (tertiary alicyclic amines) is 1. The molecule has 8 nitrogen and oxygen atoms in total. The van der Waals surface area contributed by atoms with Gasteiger partial charge in [-0.3, -0.25) is 4.90 Å². The van der Waals surface area contributed by atoms with Crippen LogP contribution >= 0.6 is 0 Å². The molecule has 0 spiro atoms. The van der Waals surface area contributed by atoms with Crippen molar-refractivity contribution in [3.63, 3.8) is 0 Å². The van der Waals surface area contributed by atoms with Crippen molar-refractivity contribution in [2.45, 2.75) is 18.5 Å². The Morgan fingerprint density at radius 2 is 2.00 bits per heavy atom. The van der Waals surface area contributed by atoms with Gasteiger partial charge in [0.2, 0.25) is 0 Å². The fourth-order valence-electron chi connectivity index (χ4n) is 2.59. The second kappa shape index (κ2) is 6.87. The van der Waals surface area contributed by atoms with Crippen molar-refractivity contribution in [3.05, 3.63) is 0 Å². The molecule has 2 fully saturated rings. The average molecular weight is 287 g/mol. The number of amides is 2. The van der Waals surface area contributed by atoms with Crippen LogP contribution in [0.5, 0.6) is 0 Å². The van der Waals surface area contributed by atoms with E-state index < -0.39 is 24.6 Å². The molecule has 0 saturated carbocycles. The minimum atomic E-state index is -1.25. The van der Waals surface area contributed by atoms with E-state index in [2.05, 4.69) is 10.2 Å². The van der Waals surface area contributed by atoms with Crippen molar-refractivity contribution in [3.8, 4) is 0 Å². The number of urea groups is 1. The summed E-state index contributed by atoms with van der Waals surface area (Å²) in [5, 5.41) is 20.0. The Labute approximate surface area is 117 Å². The summed E-state index contributed by atoms with van der Waals surface area (Å²) in [5.74, 6) is -1.23. The van der Waals surface area contributed by atoms with Gasteiger partial charge < -0.3 is 25.2 Å². The minimum absolute atomic E-state index is 0.307. The van der Waals surface area contributed by atoms with Crippen LogP contribution in [0.2, 0.25) is 0 Å². The number of aliphatic hydroxyl groups is 1. The summed E-state index contributed by atoms with van der Waals surface area (Å²) in [6, 6.07) is -1.37. The summed E-state index contributed by atoms with van der Waals surface area (Å²) in [7, 11) is 0. The Balaban J connectivity index is 1.82. The number of hydrogen-bond acceptors (Lipinski definition) is 5. The van der Waals surface area contributed by atoms with Crippen LogP contribution in [0.25, 0.3) is 0 Å². The SMILES string of the molecule is O=C(O)C(CO)NC(=O)N1CCC(N2CCOCC2)C1. The molecule has 0 aliphatic carbocycles. The lowest BCUT2D eigenvalue weighted by Crippen LogP contribution is -2.50. The Morgan fingerprint density at radius 3 is 2.60 bits per heavy atom. The zero-order valence-electron chi connectivity index (χ0n) is 11.3. The van der Waals surface area contributed by atoms with Crippen LogP contribution in [0, 0.1) is 0 Å². The van der Waals surface area contributed by atoms with E-state index in [0.717, 1.165) is 19.5 Å². The van der Waals surface area contributed by atoms with Gasteiger partial charge in [-0.05, 0) is 6.42 Å². The van der Waals surface area contributed by atoms with E-state index in [-0.39, 0.29) is 0 Å². The van der Waals surface area contributed by atoms with Crippen LogP contribution in [0.4, 0.5) is 4.79 Å². The van der Waals surface area contributed by atoms with Gasteiger partial charge in [0.15, 0.2) is 6.04 Å². The number of hydrogen-bond donors (Lipinski definition) is 3. The Hall–Kier alpha value is -1.38. The Morgan fingerprint density at radius 1 is 1.30 bits per heavy atom. The van der Waals surface area contributed by atoms with E-state index in [9.17, 15) is 9.59 Å². The summed E-state index contributed by atoms with van der Waals surface area (Å²) in [4.78, 5) is 26.6. The molecular weight excluding hydrogens is 266 g/mol. The van der Waals surface area contributed by atoms with Crippen LogP contribution in [-0.4, -0.2) is 90.1 Å². The molecule has 0 aromatic carbocycles. The molecule has 0 aromatic heterocycles. The molecule has 0 bridgehead atoms. The molecule has 2 amide bonds. The van der Waals surface area contributed by atoms with E-state index in [1.54, 1.807) is 4.90 Å². The van der Waals surface area contributed by atoms with Crippen LogP contribution in [-0.2, 0) is 9.53 Å². The van der Waals surface area contributed by atoms with E-state index in [4.69, 9.17) is 14.9 Å². The first-order valence-electron chi connectivity index (χ1n) is 6.82. The Bertz CT molecular complexity index is 359. The van der Waals surface area contributed by atoms with Crippen LogP contribution < -0.4 is 5.32 Å². The number of rotatable bonds is 4. The molecule has 2 aliphatic rings. The van der Waals surface area contributed by atoms with Gasteiger partial charge in [-0.25, -0.2) is 9.59 Å². The third-order valence-electron chi connectivity index (χ3n) is 3.79. The van der Waals surface area contributed by atoms with Crippen molar-refractivity contribution < 1.29 is 24.5 Å². The molecule has 3 N–H and O–H groups in total. The van der Waals surface area contributed by atoms with Gasteiger partial charge in [0.25, 0.3) is 0 Å². The smallest absolute Gasteiger partial charge is 0.328 e. The summed E-state index contributed by atoms with van der Waals surface area (Å²) in [6.07, 6.45) is 0.879. The number of aliphatic hydroxyl groups excluding tert-OH is 1. The normalized spacial score (nSPS) is 25.4. The number of nitrogens with one attached hydrogen (secondary N) is 1. The highest BCUT2D eigenvalue weighted by Crippen LogP contribution is 2.17. The maximum atomic E-state index is 11.9. The van der Waals surface area contributed by atoms with Crippen molar-refractivity contribution >= 4 is 12.0 Å². The zero-order chi connectivity index (χ0) is 14.5. The summed E-state index contributed by atoms with van der Waals surface area (Å²) >= 11 is 0. The lowest BCUT2D eigenvalue weighted by Gasteiger charge is -2.32. The number of nitrogens with zero attached hydrogens (tertiary/aromatic N) is 2. The molecule has 0 radical (unpaired) electrons. The number of carbonyl (C=O) groups is 2. The average Bonchev–Trinajstić information content (AvgIpc) is 2.95. The first-order chi connectivity index (χ1) is 9.61. The van der Waals surface area contributed by atoms with Gasteiger partial charge >= 0.3 is 12.0 Å². The summed E-state index contributed by atoms with van der Waals surface area (Å²) in [6.45, 7) is 3.75. The van der Waals surface area contributed by atoms with Gasteiger partial charge in [0.05, 0.1) is 19.8 Å². The number of morpholine rings is 1. The molecule has 0 aromatic rings. The zero-order valence-corrected chi connectivity index (χ0v) is 11.3. The predicted octanol–water partition coefficient (Wildman–Crippen LogP) is -1.45. The second-order valence-electron chi connectivity index (χ2n) is 5.06. The van der Waals surface area contributed by atoms with Gasteiger partial charge in [0.1, 0.15) is 0 Å². The fourth-order valence-corrected chi connectivity index (χ4v) is 2.59. The molecule has 20 heavy (non-hydrogen) atoms. The lowest BCUT2D eigenvalue weighted by molar-refractivity contribution is -0.140. The van der Waals surface area contributed by atoms with Crippen LogP contribution in [0.3, 0.4) is 0 Å². The molecule has 2 rings (SSSR count). The van der Waals surface area contributed by atoms with Gasteiger partial charge in [-0.15, -0.1) is 0 Å². The predicted molar refractivity (Wildman–Crippen MR) is 69.4 cm³/mol. The van der Waals surface area contributed by atoms with Crippen molar-refractivity contribution in [1.29, 1.82) is 0 Å². The van der Waals surface area contributed by atoms with Gasteiger partial charge in [0, 0.05) is 32.2 Å². The van der Waals surface area contributed by atoms with E-state index in [1.807, 2.05) is 0 Å². The minimum Gasteiger partial charge on any atom is -0.480 e. The maximum absolute atomic E-state index is 11.9. The standard InChI is InChI=1S/C12H21N3O5/c16-8-10(11(17)18)13-12(19)15-2-1-9(7-15)14-3-5-20-6-4-14/h9-10,16H,1-8H2,(H,13,19)(H,17,18). The third kappa shape index (κ3) is 3.59. The number of aliphatic carboxylic acids is 1. The maximum Gasteiger partial charge on any atom is 0.328 e. The van der Waals surface area contributed by atoms with Gasteiger partial charge in [-0.2, -0.15) is 0 Å². The Kier molecular flexibility index (Phi) is 5.16. The summed E-state index contributed by atoms with van der Waals surface area (Å²) in [5.41, 5.74) is 0. The molecule has 2 atom stereocenters. The highest BCUT2D eigenvalue weighted by atomic mass is 16.5. The van der Waals surface area contributed by atoms with Gasteiger partial charge in [-0.1, -0.05) is 0 Å². The summed E-state index contributed by atoms with van der Waals surface area (Å²) < 4.78 is 5.30. The molecule has 2 unspecified atom stereocenters. The van der Waals surface area contributed by atoms with Crippen molar-refractivity contribution in [2.75, 3.05) is 46.0 Å². The first-order valence-corrected chi connectivity index (χ1v) is 6.82. The fraction of sp³-hybridized carbons (Fsp3) is 0.833. The van der Waals surface area contributed by atoms with Crippen molar-refractivity contribution in [1.82, 2.24) is 15.1 Å². The molecule has 114 valence electrons. The molecule has 2 aliphatic heterocycles. The van der Waals surface area contributed by atoms with E-state index in [0.29, 0.717) is 32.3 Å². The molecular formula is C12H21N3O5. The third-order valence-corrected chi connectivity index (χ3v) is 3.79. The lowest BCUT2D eigenvalue weighted by atomic mass is 10.2. The number of carboxylic acids is 1. The monoisotopic (exact) mass is 287 g/mol. The van der Waals surface area contributed by atoms with Crippen LogP contribution in [0.15, 0.2) is 0 Å². The quantitative estimate of drug-likeness (QED) is 0.584. The largest absolute Gasteiger partial charge is 0.480 e. The highest BCUT2D eigenvalue weighted by molar-refractivity contribution is 5.82.